The second kappa shape index (κ2) is 7.36. The fraction of sp³-hybridized carbons (Fsp3) is 0. The van der Waals surface area contributed by atoms with Crippen LogP contribution in [0.2, 0.25) is 0 Å². The molecular weight excluding hydrogens is 280 g/mol. The Bertz CT molecular complexity index is 602. The first kappa shape index (κ1) is 14.9. The number of hydrogen-bond acceptors (Lipinski definition) is 2. The summed E-state index contributed by atoms with van der Waals surface area (Å²) in [5, 5.41) is 2.08. The Hall–Kier alpha value is -2.45. The highest BCUT2D eigenvalue weighted by atomic mass is 35.5. The Balaban J connectivity index is 0.00000161. The molecule has 0 aromatic heterocycles. The SMILES string of the molecule is Cl.c1ccc(NN(c2ccccc2)c2ccccc2)cc1. The van der Waals surface area contributed by atoms with Crippen molar-refractivity contribution >= 4 is 29.5 Å². The van der Waals surface area contributed by atoms with Gasteiger partial charge in [0.1, 0.15) is 0 Å². The fourth-order valence-corrected chi connectivity index (χ4v) is 2.07. The van der Waals surface area contributed by atoms with Gasteiger partial charge < -0.3 is 0 Å². The number of anilines is 3. The van der Waals surface area contributed by atoms with Crippen LogP contribution < -0.4 is 10.4 Å². The van der Waals surface area contributed by atoms with Crippen molar-refractivity contribution in [3.8, 4) is 0 Å². The van der Waals surface area contributed by atoms with Gasteiger partial charge in [0.2, 0.25) is 0 Å². The lowest BCUT2D eigenvalue weighted by atomic mass is 10.2. The van der Waals surface area contributed by atoms with Crippen molar-refractivity contribution in [3.63, 3.8) is 0 Å². The average Bonchev–Trinajstić information content (AvgIpc) is 2.55. The minimum absolute atomic E-state index is 0. The third-order valence-electron chi connectivity index (χ3n) is 3.04. The van der Waals surface area contributed by atoms with E-state index in [9.17, 15) is 0 Å². The summed E-state index contributed by atoms with van der Waals surface area (Å²) in [7, 11) is 0. The van der Waals surface area contributed by atoms with Crippen LogP contribution in [0.25, 0.3) is 0 Å². The molecule has 0 saturated heterocycles. The van der Waals surface area contributed by atoms with Crippen molar-refractivity contribution in [3.05, 3.63) is 91.0 Å². The molecule has 0 unspecified atom stereocenters. The molecule has 0 aliphatic carbocycles. The Kier molecular flexibility index (Phi) is 5.24. The van der Waals surface area contributed by atoms with Crippen LogP contribution in [0.5, 0.6) is 0 Å². The lowest BCUT2D eigenvalue weighted by Crippen LogP contribution is -2.24. The van der Waals surface area contributed by atoms with Crippen LogP contribution in [0.1, 0.15) is 0 Å². The minimum atomic E-state index is 0. The molecule has 3 aromatic rings. The number of benzene rings is 3. The van der Waals surface area contributed by atoms with Crippen molar-refractivity contribution in [1.82, 2.24) is 0 Å². The maximum atomic E-state index is 3.44. The minimum Gasteiger partial charge on any atom is -0.294 e. The number of rotatable bonds is 4. The molecule has 0 aliphatic rings. The normalized spacial score (nSPS) is 9.52. The van der Waals surface area contributed by atoms with Crippen LogP contribution >= 0.6 is 12.4 Å². The van der Waals surface area contributed by atoms with Gasteiger partial charge in [0.05, 0.1) is 17.1 Å². The van der Waals surface area contributed by atoms with Gasteiger partial charge in [-0.2, -0.15) is 0 Å². The molecule has 0 heterocycles. The Morgan fingerprint density at radius 1 is 0.524 bits per heavy atom. The van der Waals surface area contributed by atoms with Gasteiger partial charge in [-0.05, 0) is 36.4 Å². The predicted octanol–water partition coefficient (Wildman–Crippen LogP) is 5.27. The zero-order valence-electron chi connectivity index (χ0n) is 11.5. The van der Waals surface area contributed by atoms with Gasteiger partial charge in [0, 0.05) is 0 Å². The van der Waals surface area contributed by atoms with E-state index in [1.807, 2.05) is 54.6 Å². The van der Waals surface area contributed by atoms with Crippen molar-refractivity contribution in [2.24, 2.45) is 0 Å². The van der Waals surface area contributed by atoms with E-state index in [1.54, 1.807) is 0 Å². The topological polar surface area (TPSA) is 15.3 Å². The molecular formula is C18H17ClN2. The first-order valence-corrected chi connectivity index (χ1v) is 6.65. The van der Waals surface area contributed by atoms with Crippen LogP contribution in [0.4, 0.5) is 17.1 Å². The van der Waals surface area contributed by atoms with Gasteiger partial charge in [-0.1, -0.05) is 54.6 Å². The third kappa shape index (κ3) is 3.77. The van der Waals surface area contributed by atoms with Crippen LogP contribution in [-0.2, 0) is 0 Å². The Morgan fingerprint density at radius 3 is 1.33 bits per heavy atom. The molecule has 3 aromatic carbocycles. The van der Waals surface area contributed by atoms with E-state index >= 15 is 0 Å². The van der Waals surface area contributed by atoms with Gasteiger partial charge in [0.15, 0.2) is 0 Å². The summed E-state index contributed by atoms with van der Waals surface area (Å²) < 4.78 is 0. The van der Waals surface area contributed by atoms with Gasteiger partial charge >= 0.3 is 0 Å². The molecule has 3 heteroatoms. The monoisotopic (exact) mass is 296 g/mol. The summed E-state index contributed by atoms with van der Waals surface area (Å²) in [6.07, 6.45) is 0. The lowest BCUT2D eigenvalue weighted by molar-refractivity contribution is 1.16. The van der Waals surface area contributed by atoms with Crippen LogP contribution in [-0.4, -0.2) is 0 Å². The van der Waals surface area contributed by atoms with E-state index < -0.39 is 0 Å². The van der Waals surface area contributed by atoms with E-state index in [0.717, 1.165) is 17.1 Å². The van der Waals surface area contributed by atoms with Gasteiger partial charge in [-0.3, -0.25) is 10.4 Å². The number of hydrogen-bond donors (Lipinski definition) is 1. The molecule has 3 rings (SSSR count). The van der Waals surface area contributed by atoms with Crippen molar-refractivity contribution in [1.29, 1.82) is 0 Å². The molecule has 0 atom stereocenters. The van der Waals surface area contributed by atoms with Gasteiger partial charge in [0.25, 0.3) is 0 Å². The number of nitrogens with zero attached hydrogens (tertiary/aromatic N) is 1. The van der Waals surface area contributed by atoms with Crippen molar-refractivity contribution in [2.45, 2.75) is 0 Å². The van der Waals surface area contributed by atoms with E-state index in [4.69, 9.17) is 0 Å². The summed E-state index contributed by atoms with van der Waals surface area (Å²) in [6.45, 7) is 0. The molecule has 0 fully saturated rings. The zero-order chi connectivity index (χ0) is 13.6. The standard InChI is InChI=1S/C18H16N2.ClH/c1-4-10-16(11-5-1)19-20(17-12-6-2-7-13-17)18-14-8-3-9-15-18;/h1-15,19H;1H. The average molecular weight is 297 g/mol. The molecule has 0 aliphatic heterocycles. The molecule has 2 nitrogen and oxygen atoms in total. The fourth-order valence-electron chi connectivity index (χ4n) is 2.07. The summed E-state index contributed by atoms with van der Waals surface area (Å²) in [5.74, 6) is 0. The maximum Gasteiger partial charge on any atom is 0.0630 e. The number of nitrogens with one attached hydrogen (secondary N) is 1. The highest BCUT2D eigenvalue weighted by molar-refractivity contribution is 5.85. The second-order valence-electron chi connectivity index (χ2n) is 4.48. The molecule has 106 valence electrons. The molecule has 0 saturated carbocycles. The molecule has 0 spiro atoms. The second-order valence-corrected chi connectivity index (χ2v) is 4.48. The maximum absolute atomic E-state index is 3.44. The zero-order valence-corrected chi connectivity index (χ0v) is 12.3. The molecule has 0 amide bonds. The van der Waals surface area contributed by atoms with E-state index in [1.165, 1.54) is 0 Å². The smallest absolute Gasteiger partial charge is 0.0630 e. The summed E-state index contributed by atoms with van der Waals surface area (Å²) >= 11 is 0. The summed E-state index contributed by atoms with van der Waals surface area (Å²) in [5.41, 5.74) is 6.70. The van der Waals surface area contributed by atoms with Gasteiger partial charge in [-0.15, -0.1) is 12.4 Å². The van der Waals surface area contributed by atoms with Gasteiger partial charge in [-0.25, -0.2) is 0 Å². The first-order chi connectivity index (χ1) is 9.93. The highest BCUT2D eigenvalue weighted by Gasteiger charge is 2.08. The lowest BCUT2D eigenvalue weighted by Gasteiger charge is -2.26. The predicted molar refractivity (Wildman–Crippen MR) is 92.3 cm³/mol. The van der Waals surface area contributed by atoms with E-state index in [2.05, 4.69) is 46.8 Å². The van der Waals surface area contributed by atoms with Crippen LogP contribution in [0.3, 0.4) is 0 Å². The first-order valence-electron chi connectivity index (χ1n) is 6.65. The van der Waals surface area contributed by atoms with E-state index in [0.29, 0.717) is 0 Å². The van der Waals surface area contributed by atoms with Crippen LogP contribution in [0, 0.1) is 0 Å². The van der Waals surface area contributed by atoms with Crippen LogP contribution in [0.15, 0.2) is 91.0 Å². The molecule has 0 radical (unpaired) electrons. The highest BCUT2D eigenvalue weighted by Crippen LogP contribution is 2.25. The summed E-state index contributed by atoms with van der Waals surface area (Å²) in [4.78, 5) is 0. The van der Waals surface area contributed by atoms with E-state index in [-0.39, 0.29) is 12.4 Å². The number of halogens is 1. The third-order valence-corrected chi connectivity index (χ3v) is 3.04. The largest absolute Gasteiger partial charge is 0.294 e. The van der Waals surface area contributed by atoms with Crippen molar-refractivity contribution in [2.75, 3.05) is 10.4 Å². The Labute approximate surface area is 131 Å². The molecule has 1 N–H and O–H groups in total. The quantitative estimate of drug-likeness (QED) is 0.659. The van der Waals surface area contributed by atoms with Crippen molar-refractivity contribution < 1.29 is 0 Å². The summed E-state index contributed by atoms with van der Waals surface area (Å²) in [6, 6.07) is 30.7. The Morgan fingerprint density at radius 2 is 0.905 bits per heavy atom. The molecule has 0 bridgehead atoms. The molecule has 21 heavy (non-hydrogen) atoms. The number of hydrazine groups is 1. The number of para-hydroxylation sites is 3.